The molecule has 1 aliphatic rings. The average Bonchev–Trinajstić information content (AvgIpc) is 2.39. The van der Waals surface area contributed by atoms with Crippen LogP contribution >= 0.6 is 0 Å². The number of halogens is 1. The minimum absolute atomic E-state index is 0.0924. The molecule has 0 spiro atoms. The van der Waals surface area contributed by atoms with Gasteiger partial charge in [0.2, 0.25) is 0 Å². The van der Waals surface area contributed by atoms with Crippen molar-refractivity contribution in [1.29, 1.82) is 0 Å². The molecule has 2 rings (SSSR count). The molecule has 0 amide bonds. The van der Waals surface area contributed by atoms with Gasteiger partial charge in [0.25, 0.3) is 0 Å². The van der Waals surface area contributed by atoms with Crippen LogP contribution in [0.4, 0.5) is 10.1 Å². The number of nitrogens with one attached hydrogen (secondary N) is 1. The molecule has 104 valence electrons. The number of aliphatic hydroxyl groups is 1. The van der Waals surface area contributed by atoms with Gasteiger partial charge in [0, 0.05) is 17.1 Å². The van der Waals surface area contributed by atoms with Crippen LogP contribution in [-0.2, 0) is 4.74 Å². The normalized spacial score (nSPS) is 24.5. The summed E-state index contributed by atoms with van der Waals surface area (Å²) in [7, 11) is 1.22. The van der Waals surface area contributed by atoms with Gasteiger partial charge in [0.15, 0.2) is 0 Å². The minimum Gasteiger partial charge on any atom is -0.465 e. The zero-order valence-electron chi connectivity index (χ0n) is 11.2. The monoisotopic (exact) mass is 267 g/mol. The molecule has 19 heavy (non-hydrogen) atoms. The first-order chi connectivity index (χ1) is 8.86. The summed E-state index contributed by atoms with van der Waals surface area (Å²) in [5.74, 6) is -1.31. The Bertz CT molecular complexity index is 501. The number of ether oxygens (including phenoxy) is 1. The molecule has 0 bridgehead atoms. The zero-order chi connectivity index (χ0) is 14.2. The van der Waals surface area contributed by atoms with Gasteiger partial charge >= 0.3 is 5.97 Å². The Morgan fingerprint density at radius 2 is 2.21 bits per heavy atom. The number of aliphatic hydroxyl groups excluding tert-OH is 1. The van der Waals surface area contributed by atoms with Crippen molar-refractivity contribution in [1.82, 2.24) is 0 Å². The maximum Gasteiger partial charge on any atom is 0.340 e. The fourth-order valence-corrected chi connectivity index (χ4v) is 2.23. The number of carbonyl (C=O) groups excluding carboxylic acids is 1. The number of hydrogen-bond acceptors (Lipinski definition) is 4. The van der Waals surface area contributed by atoms with Crippen LogP contribution in [0.25, 0.3) is 0 Å². The van der Waals surface area contributed by atoms with Gasteiger partial charge in [-0.1, -0.05) is 13.8 Å². The van der Waals surface area contributed by atoms with E-state index in [9.17, 15) is 14.3 Å². The van der Waals surface area contributed by atoms with E-state index in [1.807, 2.05) is 13.8 Å². The Morgan fingerprint density at radius 1 is 1.53 bits per heavy atom. The van der Waals surface area contributed by atoms with E-state index in [0.717, 1.165) is 0 Å². The number of anilines is 1. The highest BCUT2D eigenvalue weighted by atomic mass is 19.1. The van der Waals surface area contributed by atoms with Crippen LogP contribution in [0.2, 0.25) is 0 Å². The molecule has 0 radical (unpaired) electrons. The lowest BCUT2D eigenvalue weighted by Crippen LogP contribution is -2.56. The van der Waals surface area contributed by atoms with E-state index in [0.29, 0.717) is 12.1 Å². The molecule has 4 nitrogen and oxygen atoms in total. The van der Waals surface area contributed by atoms with Gasteiger partial charge in [-0.05, 0) is 24.6 Å². The van der Waals surface area contributed by atoms with E-state index in [1.54, 1.807) is 6.07 Å². The second kappa shape index (κ2) is 4.81. The number of methoxy groups -OCH3 is 1. The molecule has 0 saturated heterocycles. The van der Waals surface area contributed by atoms with Gasteiger partial charge in [-0.15, -0.1) is 0 Å². The van der Waals surface area contributed by atoms with Crippen molar-refractivity contribution in [2.45, 2.75) is 32.4 Å². The summed E-state index contributed by atoms with van der Waals surface area (Å²) in [4.78, 5) is 11.4. The number of carbonyl (C=O) groups is 1. The SMILES string of the molecule is COC(=O)c1cc(NC2CC(O)C2(C)C)ccc1F. The van der Waals surface area contributed by atoms with Gasteiger partial charge in [0.1, 0.15) is 5.82 Å². The van der Waals surface area contributed by atoms with Crippen LogP contribution in [0.1, 0.15) is 30.6 Å². The third-order valence-corrected chi connectivity index (χ3v) is 3.93. The molecule has 2 N–H and O–H groups in total. The lowest BCUT2D eigenvalue weighted by Gasteiger charge is -2.49. The molecule has 1 aliphatic carbocycles. The lowest BCUT2D eigenvalue weighted by molar-refractivity contribution is -0.0510. The molecule has 0 heterocycles. The standard InChI is InChI=1S/C14H18FNO3/c1-14(2)11(7-12(14)17)16-8-4-5-10(15)9(6-8)13(18)19-3/h4-6,11-12,16-17H,7H2,1-3H3. The first kappa shape index (κ1) is 13.8. The van der Waals surface area contributed by atoms with E-state index in [1.165, 1.54) is 19.2 Å². The number of hydrogen-bond donors (Lipinski definition) is 2. The summed E-state index contributed by atoms with van der Waals surface area (Å²) in [6.45, 7) is 3.92. The topological polar surface area (TPSA) is 58.6 Å². The van der Waals surface area contributed by atoms with Crippen molar-refractivity contribution >= 4 is 11.7 Å². The van der Waals surface area contributed by atoms with Crippen LogP contribution in [0.5, 0.6) is 0 Å². The third kappa shape index (κ3) is 2.42. The van der Waals surface area contributed by atoms with E-state index in [2.05, 4.69) is 10.1 Å². The smallest absolute Gasteiger partial charge is 0.340 e. The number of benzene rings is 1. The van der Waals surface area contributed by atoms with Gasteiger partial charge in [-0.2, -0.15) is 0 Å². The maximum atomic E-state index is 13.5. The molecule has 2 unspecified atom stereocenters. The van der Waals surface area contributed by atoms with E-state index < -0.39 is 11.8 Å². The molecule has 0 aromatic heterocycles. The molecular formula is C14H18FNO3. The molecule has 1 aromatic rings. The fourth-order valence-electron chi connectivity index (χ4n) is 2.23. The molecule has 5 heteroatoms. The Labute approximate surface area is 111 Å². The summed E-state index contributed by atoms with van der Waals surface area (Å²) in [6, 6.07) is 4.33. The van der Waals surface area contributed by atoms with Crippen molar-refractivity contribution in [3.05, 3.63) is 29.6 Å². The van der Waals surface area contributed by atoms with E-state index >= 15 is 0 Å². The van der Waals surface area contributed by atoms with Crippen LogP contribution in [0, 0.1) is 11.2 Å². The lowest BCUT2D eigenvalue weighted by atomic mass is 9.64. The van der Waals surface area contributed by atoms with Gasteiger partial charge in [-0.3, -0.25) is 0 Å². The zero-order valence-corrected chi connectivity index (χ0v) is 11.2. The van der Waals surface area contributed by atoms with E-state index in [-0.39, 0.29) is 23.1 Å². The molecule has 2 atom stereocenters. The van der Waals surface area contributed by atoms with Crippen LogP contribution in [0.15, 0.2) is 18.2 Å². The predicted octanol–water partition coefficient (Wildman–Crippen LogP) is 2.18. The predicted molar refractivity (Wildman–Crippen MR) is 69.6 cm³/mol. The van der Waals surface area contributed by atoms with Crippen LogP contribution < -0.4 is 5.32 Å². The van der Waals surface area contributed by atoms with Crippen molar-refractivity contribution in [2.24, 2.45) is 5.41 Å². The second-order valence-corrected chi connectivity index (χ2v) is 5.46. The highest BCUT2D eigenvalue weighted by molar-refractivity contribution is 5.90. The van der Waals surface area contributed by atoms with Crippen molar-refractivity contribution in [3.63, 3.8) is 0 Å². The summed E-state index contributed by atoms with van der Waals surface area (Å²) in [5, 5.41) is 12.9. The Hall–Kier alpha value is -1.62. The quantitative estimate of drug-likeness (QED) is 0.824. The first-order valence-electron chi connectivity index (χ1n) is 6.18. The highest BCUT2D eigenvalue weighted by Gasteiger charge is 2.47. The Morgan fingerprint density at radius 3 is 2.74 bits per heavy atom. The first-order valence-corrected chi connectivity index (χ1v) is 6.18. The fraction of sp³-hybridized carbons (Fsp3) is 0.500. The highest BCUT2D eigenvalue weighted by Crippen LogP contribution is 2.42. The summed E-state index contributed by atoms with van der Waals surface area (Å²) >= 11 is 0. The Balaban J connectivity index is 2.16. The summed E-state index contributed by atoms with van der Waals surface area (Å²) < 4.78 is 18.0. The number of rotatable bonds is 3. The average molecular weight is 267 g/mol. The summed E-state index contributed by atoms with van der Waals surface area (Å²) in [5.41, 5.74) is 0.316. The van der Waals surface area contributed by atoms with E-state index in [4.69, 9.17) is 0 Å². The van der Waals surface area contributed by atoms with Crippen molar-refractivity contribution in [3.8, 4) is 0 Å². The molecule has 1 saturated carbocycles. The number of esters is 1. The summed E-state index contributed by atoms with van der Waals surface area (Å²) in [6.07, 6.45) is 0.295. The van der Waals surface area contributed by atoms with Gasteiger partial charge in [-0.25, -0.2) is 9.18 Å². The molecule has 1 fully saturated rings. The van der Waals surface area contributed by atoms with Gasteiger partial charge < -0.3 is 15.2 Å². The van der Waals surface area contributed by atoms with Crippen molar-refractivity contribution in [2.75, 3.05) is 12.4 Å². The molecule has 0 aliphatic heterocycles. The van der Waals surface area contributed by atoms with Crippen LogP contribution in [-0.4, -0.2) is 30.3 Å². The second-order valence-electron chi connectivity index (χ2n) is 5.46. The molecule has 1 aromatic carbocycles. The largest absolute Gasteiger partial charge is 0.465 e. The Kier molecular flexibility index (Phi) is 3.49. The van der Waals surface area contributed by atoms with Crippen LogP contribution in [0.3, 0.4) is 0 Å². The van der Waals surface area contributed by atoms with Crippen molar-refractivity contribution < 1.29 is 19.0 Å². The maximum absolute atomic E-state index is 13.5. The molecular weight excluding hydrogens is 249 g/mol. The van der Waals surface area contributed by atoms with Gasteiger partial charge in [0.05, 0.1) is 18.8 Å². The minimum atomic E-state index is -0.700. The third-order valence-electron chi connectivity index (χ3n) is 3.93.